The molecular formula is C13H19N2O4. The second-order valence-corrected chi connectivity index (χ2v) is 4.49. The quantitative estimate of drug-likeness (QED) is 0.670. The first-order chi connectivity index (χ1) is 9.00. The summed E-state index contributed by atoms with van der Waals surface area (Å²) in [6, 6.07) is -0.579. The molecule has 0 unspecified atom stereocenters. The Kier molecular flexibility index (Phi) is 6.21. The Morgan fingerprint density at radius 2 is 2.32 bits per heavy atom. The van der Waals surface area contributed by atoms with Gasteiger partial charge in [0, 0.05) is 5.92 Å². The largest absolute Gasteiger partial charge is 0.370 e. The monoisotopic (exact) mass is 267 g/mol. The molecule has 0 fully saturated rings. The smallest absolute Gasteiger partial charge is 0.224 e. The zero-order valence-corrected chi connectivity index (χ0v) is 10.9. The summed E-state index contributed by atoms with van der Waals surface area (Å²) < 4.78 is 5.07. The Hall–Kier alpha value is -1.69. The van der Waals surface area contributed by atoms with Crippen molar-refractivity contribution in [3.8, 4) is 0 Å². The van der Waals surface area contributed by atoms with Crippen molar-refractivity contribution in [3.05, 3.63) is 18.6 Å². The molecule has 2 atom stereocenters. The van der Waals surface area contributed by atoms with Gasteiger partial charge in [0.25, 0.3) is 0 Å². The number of ether oxygens (including phenoxy) is 1. The highest BCUT2D eigenvalue weighted by Crippen LogP contribution is 2.05. The summed E-state index contributed by atoms with van der Waals surface area (Å²) in [6.45, 7) is 2.05. The molecule has 1 rings (SSSR count). The van der Waals surface area contributed by atoms with Crippen molar-refractivity contribution in [2.24, 2.45) is 11.7 Å². The molecule has 105 valence electrons. The Morgan fingerprint density at radius 1 is 1.58 bits per heavy atom. The van der Waals surface area contributed by atoms with Gasteiger partial charge in [0.15, 0.2) is 5.78 Å². The van der Waals surface area contributed by atoms with Gasteiger partial charge in [-0.3, -0.25) is 14.4 Å². The highest BCUT2D eigenvalue weighted by Gasteiger charge is 2.21. The lowest BCUT2D eigenvalue weighted by Crippen LogP contribution is -2.43. The molecule has 1 aliphatic heterocycles. The summed E-state index contributed by atoms with van der Waals surface area (Å²) in [7, 11) is 0. The highest BCUT2D eigenvalue weighted by molar-refractivity contribution is 5.93. The molecular weight excluding hydrogens is 248 g/mol. The number of carbonyl (C=O) groups excluding carboxylic acids is 3. The van der Waals surface area contributed by atoms with E-state index in [0.29, 0.717) is 13.0 Å². The molecule has 1 aliphatic rings. The van der Waals surface area contributed by atoms with Crippen LogP contribution in [0.3, 0.4) is 0 Å². The fraction of sp³-hybridized carbons (Fsp3) is 0.538. The molecule has 2 amide bonds. The standard InChI is InChI=1S/C13H19N2O4/c1-9(13(14)18)5-6-12(17)15-10-4-2-3-7-19-8-11(10)16/h2-3,6,9-10H,4-5,7-8H2,1H3,(H2,14,18)(H,15,17)/b3-2-/t9-,10-/m0/s1. The Bertz CT molecular complexity index is 379. The van der Waals surface area contributed by atoms with Gasteiger partial charge in [-0.05, 0) is 12.8 Å². The Morgan fingerprint density at radius 3 is 3.00 bits per heavy atom. The molecule has 0 saturated carbocycles. The SMILES string of the molecule is C[C@@H](C[CH]C(=O)N[C@H]1C/C=C\COCC1=O)C(N)=O. The van der Waals surface area contributed by atoms with Crippen LogP contribution in [0.4, 0.5) is 0 Å². The van der Waals surface area contributed by atoms with E-state index in [0.717, 1.165) is 0 Å². The third-order valence-electron chi connectivity index (χ3n) is 2.84. The van der Waals surface area contributed by atoms with Crippen molar-refractivity contribution in [1.29, 1.82) is 0 Å². The molecule has 1 heterocycles. The van der Waals surface area contributed by atoms with Crippen LogP contribution in [0.2, 0.25) is 0 Å². The lowest BCUT2D eigenvalue weighted by molar-refractivity contribution is -0.129. The summed E-state index contributed by atoms with van der Waals surface area (Å²) >= 11 is 0. The summed E-state index contributed by atoms with van der Waals surface area (Å²) in [5.74, 6) is -1.39. The number of amides is 2. The number of primary amides is 1. The van der Waals surface area contributed by atoms with E-state index >= 15 is 0 Å². The average molecular weight is 267 g/mol. The van der Waals surface area contributed by atoms with Gasteiger partial charge in [-0.1, -0.05) is 19.1 Å². The van der Waals surface area contributed by atoms with E-state index in [4.69, 9.17) is 10.5 Å². The van der Waals surface area contributed by atoms with E-state index in [-0.39, 0.29) is 24.7 Å². The number of nitrogens with two attached hydrogens (primary N) is 1. The first-order valence-electron chi connectivity index (χ1n) is 6.19. The van der Waals surface area contributed by atoms with Crippen molar-refractivity contribution in [1.82, 2.24) is 5.32 Å². The maximum atomic E-state index is 11.7. The lowest BCUT2D eigenvalue weighted by atomic mass is 10.0. The predicted octanol–water partition coefficient (Wildman–Crippen LogP) is -0.267. The fourth-order valence-corrected chi connectivity index (χ4v) is 1.53. The van der Waals surface area contributed by atoms with Gasteiger partial charge in [0.2, 0.25) is 11.8 Å². The molecule has 19 heavy (non-hydrogen) atoms. The van der Waals surface area contributed by atoms with Gasteiger partial charge in [0.1, 0.15) is 6.61 Å². The number of nitrogens with one attached hydrogen (secondary N) is 1. The molecule has 1 radical (unpaired) electrons. The van der Waals surface area contributed by atoms with E-state index in [9.17, 15) is 14.4 Å². The van der Waals surface area contributed by atoms with Crippen LogP contribution in [-0.2, 0) is 19.1 Å². The number of rotatable bonds is 5. The van der Waals surface area contributed by atoms with Gasteiger partial charge in [-0.25, -0.2) is 0 Å². The molecule has 0 aromatic heterocycles. The van der Waals surface area contributed by atoms with Crippen LogP contribution in [0.15, 0.2) is 12.2 Å². The first-order valence-corrected chi connectivity index (χ1v) is 6.19. The zero-order valence-electron chi connectivity index (χ0n) is 10.9. The Labute approximate surface area is 112 Å². The molecule has 6 nitrogen and oxygen atoms in total. The predicted molar refractivity (Wildman–Crippen MR) is 68.8 cm³/mol. The molecule has 0 aromatic rings. The van der Waals surface area contributed by atoms with Gasteiger partial charge in [-0.2, -0.15) is 0 Å². The fourth-order valence-electron chi connectivity index (χ4n) is 1.53. The van der Waals surface area contributed by atoms with Gasteiger partial charge in [-0.15, -0.1) is 0 Å². The van der Waals surface area contributed by atoms with E-state index in [1.54, 1.807) is 13.0 Å². The number of Topliss-reactive ketones (excluding diaryl/α,β-unsaturated/α-hetero) is 1. The Balaban J connectivity index is 2.41. The van der Waals surface area contributed by atoms with E-state index < -0.39 is 17.9 Å². The maximum Gasteiger partial charge on any atom is 0.224 e. The average Bonchev–Trinajstić information content (AvgIpc) is 2.35. The van der Waals surface area contributed by atoms with E-state index in [1.807, 2.05) is 6.08 Å². The normalized spacial score (nSPS) is 23.0. The minimum Gasteiger partial charge on any atom is -0.370 e. The van der Waals surface area contributed by atoms with E-state index in [2.05, 4.69) is 5.32 Å². The molecule has 0 bridgehead atoms. The van der Waals surface area contributed by atoms with Crippen LogP contribution in [0, 0.1) is 12.3 Å². The lowest BCUT2D eigenvalue weighted by Gasteiger charge is -2.18. The van der Waals surface area contributed by atoms with Crippen molar-refractivity contribution in [2.75, 3.05) is 13.2 Å². The molecule has 0 aliphatic carbocycles. The third kappa shape index (κ3) is 5.65. The minimum absolute atomic E-state index is 0.00697. The molecule has 6 heteroatoms. The van der Waals surface area contributed by atoms with Crippen LogP contribution in [0.25, 0.3) is 0 Å². The van der Waals surface area contributed by atoms with Gasteiger partial charge in [0.05, 0.1) is 19.1 Å². The van der Waals surface area contributed by atoms with Crippen molar-refractivity contribution in [3.63, 3.8) is 0 Å². The van der Waals surface area contributed by atoms with Crippen molar-refractivity contribution in [2.45, 2.75) is 25.8 Å². The summed E-state index contributed by atoms with van der Waals surface area (Å²) in [5, 5.41) is 2.60. The van der Waals surface area contributed by atoms with E-state index in [1.165, 1.54) is 6.42 Å². The minimum atomic E-state index is -0.579. The van der Waals surface area contributed by atoms with Crippen LogP contribution in [0.1, 0.15) is 19.8 Å². The third-order valence-corrected chi connectivity index (χ3v) is 2.84. The maximum absolute atomic E-state index is 11.7. The van der Waals surface area contributed by atoms with Crippen LogP contribution in [-0.4, -0.2) is 36.9 Å². The second-order valence-electron chi connectivity index (χ2n) is 4.49. The molecule has 3 N–H and O–H groups in total. The summed E-state index contributed by atoms with van der Waals surface area (Å²) in [6.07, 6.45) is 5.66. The number of carbonyl (C=O) groups is 3. The number of ketones is 1. The van der Waals surface area contributed by atoms with Gasteiger partial charge >= 0.3 is 0 Å². The molecule has 0 aromatic carbocycles. The van der Waals surface area contributed by atoms with Crippen LogP contribution >= 0.6 is 0 Å². The van der Waals surface area contributed by atoms with Crippen LogP contribution in [0.5, 0.6) is 0 Å². The van der Waals surface area contributed by atoms with Gasteiger partial charge < -0.3 is 15.8 Å². The van der Waals surface area contributed by atoms with Crippen molar-refractivity contribution < 1.29 is 19.1 Å². The summed E-state index contributed by atoms with van der Waals surface area (Å²) in [4.78, 5) is 34.2. The first kappa shape index (κ1) is 15.4. The summed E-state index contributed by atoms with van der Waals surface area (Å²) in [5.41, 5.74) is 5.10. The molecule has 0 spiro atoms. The number of hydrogen-bond acceptors (Lipinski definition) is 4. The zero-order chi connectivity index (χ0) is 14.3. The second kappa shape index (κ2) is 7.68. The highest BCUT2D eigenvalue weighted by atomic mass is 16.5. The number of hydrogen-bond donors (Lipinski definition) is 2. The molecule has 0 saturated heterocycles. The topological polar surface area (TPSA) is 98.5 Å². The van der Waals surface area contributed by atoms with Crippen LogP contribution < -0.4 is 11.1 Å². The van der Waals surface area contributed by atoms with Crippen molar-refractivity contribution >= 4 is 17.6 Å².